The second-order valence-corrected chi connectivity index (χ2v) is 4.71. The van der Waals surface area contributed by atoms with Crippen LogP contribution in [0.1, 0.15) is 26.3 Å². The Bertz CT molecular complexity index is 490. The monoisotopic (exact) mass is 288 g/mol. The second kappa shape index (κ2) is 9.04. The third kappa shape index (κ3) is 5.13. The Morgan fingerprint density at radius 1 is 1.38 bits per heavy atom. The number of nitrogens with zero attached hydrogens (tertiary/aromatic N) is 1. The summed E-state index contributed by atoms with van der Waals surface area (Å²) in [6.45, 7) is 8.10. The van der Waals surface area contributed by atoms with Crippen molar-refractivity contribution in [3.05, 3.63) is 29.8 Å². The molecule has 0 saturated carbocycles. The highest BCUT2D eigenvalue weighted by Gasteiger charge is 2.17. The summed E-state index contributed by atoms with van der Waals surface area (Å²) in [5.41, 5.74) is 0.993. The summed E-state index contributed by atoms with van der Waals surface area (Å²) >= 11 is 0. The smallest absolute Gasteiger partial charge is 0.239 e. The molecule has 4 heteroatoms. The van der Waals surface area contributed by atoms with Gasteiger partial charge in [-0.3, -0.25) is 4.79 Å². The molecule has 0 radical (unpaired) electrons. The molecule has 0 fully saturated rings. The molecule has 1 rings (SSSR count). The lowest BCUT2D eigenvalue weighted by atomic mass is 10.2. The molecule has 1 atom stereocenters. The SMILES string of the molecule is C#CCOc1ccccc1CNC(C)C(=O)N(CC)CC. The van der Waals surface area contributed by atoms with Crippen LogP contribution in [0.15, 0.2) is 24.3 Å². The number of carbonyl (C=O) groups is 1. The van der Waals surface area contributed by atoms with Gasteiger partial charge in [0.1, 0.15) is 12.4 Å². The van der Waals surface area contributed by atoms with Gasteiger partial charge in [0.25, 0.3) is 0 Å². The van der Waals surface area contributed by atoms with Gasteiger partial charge in [0.15, 0.2) is 0 Å². The predicted molar refractivity (Wildman–Crippen MR) is 85.0 cm³/mol. The Kier molecular flexibility index (Phi) is 7.34. The van der Waals surface area contributed by atoms with Crippen molar-refractivity contribution >= 4 is 5.91 Å². The molecule has 4 nitrogen and oxygen atoms in total. The molecule has 0 spiro atoms. The van der Waals surface area contributed by atoms with Gasteiger partial charge in [-0.2, -0.15) is 0 Å². The Morgan fingerprint density at radius 2 is 2.05 bits per heavy atom. The standard InChI is InChI=1S/C17H24N2O2/c1-5-12-21-16-11-9-8-10-15(16)13-18-14(4)17(20)19(6-2)7-3/h1,8-11,14,18H,6-7,12-13H2,2-4H3. The van der Waals surface area contributed by atoms with Gasteiger partial charge in [0.05, 0.1) is 6.04 Å². The summed E-state index contributed by atoms with van der Waals surface area (Å²) in [5, 5.41) is 3.24. The Balaban J connectivity index is 2.62. The van der Waals surface area contributed by atoms with Gasteiger partial charge in [-0.25, -0.2) is 0 Å². The molecule has 1 aromatic rings. The maximum atomic E-state index is 12.2. The first kappa shape index (κ1) is 17.1. The van der Waals surface area contributed by atoms with Crippen molar-refractivity contribution < 1.29 is 9.53 Å². The van der Waals surface area contributed by atoms with Crippen LogP contribution in [0, 0.1) is 12.3 Å². The summed E-state index contributed by atoms with van der Waals surface area (Å²) < 4.78 is 5.50. The maximum Gasteiger partial charge on any atom is 0.239 e. The number of benzene rings is 1. The average Bonchev–Trinajstić information content (AvgIpc) is 2.52. The van der Waals surface area contributed by atoms with Crippen molar-refractivity contribution in [2.24, 2.45) is 0 Å². The fourth-order valence-electron chi connectivity index (χ4n) is 2.07. The summed E-state index contributed by atoms with van der Waals surface area (Å²) in [6.07, 6.45) is 5.21. The molecule has 21 heavy (non-hydrogen) atoms. The van der Waals surface area contributed by atoms with Crippen LogP contribution in [-0.4, -0.2) is 36.5 Å². The van der Waals surface area contributed by atoms with Crippen molar-refractivity contribution in [1.29, 1.82) is 0 Å². The zero-order chi connectivity index (χ0) is 15.7. The molecular formula is C17H24N2O2. The van der Waals surface area contributed by atoms with E-state index in [9.17, 15) is 4.79 Å². The molecular weight excluding hydrogens is 264 g/mol. The molecule has 0 aromatic heterocycles. The van der Waals surface area contributed by atoms with Gasteiger partial charge in [-0.1, -0.05) is 24.1 Å². The van der Waals surface area contributed by atoms with Crippen molar-refractivity contribution in [2.75, 3.05) is 19.7 Å². The largest absolute Gasteiger partial charge is 0.481 e. The fraction of sp³-hybridized carbons (Fsp3) is 0.471. The van der Waals surface area contributed by atoms with E-state index in [1.54, 1.807) is 0 Å². The lowest BCUT2D eigenvalue weighted by Gasteiger charge is -2.23. The summed E-state index contributed by atoms with van der Waals surface area (Å²) in [6, 6.07) is 7.46. The van der Waals surface area contributed by atoms with E-state index in [0.29, 0.717) is 6.54 Å². The van der Waals surface area contributed by atoms with Crippen LogP contribution in [0.3, 0.4) is 0 Å². The van der Waals surface area contributed by atoms with E-state index in [1.165, 1.54) is 0 Å². The van der Waals surface area contributed by atoms with Crippen molar-refractivity contribution in [3.8, 4) is 18.1 Å². The van der Waals surface area contributed by atoms with Crippen LogP contribution in [0.4, 0.5) is 0 Å². The van der Waals surface area contributed by atoms with E-state index in [2.05, 4.69) is 11.2 Å². The molecule has 0 aliphatic rings. The minimum atomic E-state index is -0.231. The van der Waals surface area contributed by atoms with E-state index < -0.39 is 0 Å². The van der Waals surface area contributed by atoms with Crippen molar-refractivity contribution in [1.82, 2.24) is 10.2 Å². The zero-order valence-corrected chi connectivity index (χ0v) is 13.1. The number of amides is 1. The van der Waals surface area contributed by atoms with Crippen molar-refractivity contribution in [2.45, 2.75) is 33.4 Å². The molecule has 0 saturated heterocycles. The van der Waals surface area contributed by atoms with Crippen LogP contribution in [0.5, 0.6) is 5.75 Å². The summed E-state index contributed by atoms with van der Waals surface area (Å²) in [5.74, 6) is 3.32. The van der Waals surface area contributed by atoms with E-state index in [-0.39, 0.29) is 18.6 Å². The minimum Gasteiger partial charge on any atom is -0.481 e. The summed E-state index contributed by atoms with van der Waals surface area (Å²) in [7, 11) is 0. The predicted octanol–water partition coefficient (Wildman–Crippen LogP) is 2.05. The first-order chi connectivity index (χ1) is 10.1. The average molecular weight is 288 g/mol. The Labute approximate surface area is 127 Å². The lowest BCUT2D eigenvalue weighted by Crippen LogP contribution is -2.44. The van der Waals surface area contributed by atoms with Crippen molar-refractivity contribution in [3.63, 3.8) is 0 Å². The number of likely N-dealkylation sites (N-methyl/N-ethyl adjacent to an activating group) is 1. The number of hydrogen-bond donors (Lipinski definition) is 1. The van der Waals surface area contributed by atoms with Gasteiger partial charge in [-0.15, -0.1) is 6.42 Å². The molecule has 114 valence electrons. The molecule has 1 unspecified atom stereocenters. The highest BCUT2D eigenvalue weighted by Crippen LogP contribution is 2.17. The van der Waals surface area contributed by atoms with Gasteiger partial charge in [-0.05, 0) is 26.8 Å². The van der Waals surface area contributed by atoms with Gasteiger partial charge in [0, 0.05) is 25.2 Å². The van der Waals surface area contributed by atoms with E-state index in [4.69, 9.17) is 11.2 Å². The summed E-state index contributed by atoms with van der Waals surface area (Å²) in [4.78, 5) is 14.0. The maximum absolute atomic E-state index is 12.2. The molecule has 1 aromatic carbocycles. The molecule has 0 heterocycles. The highest BCUT2D eigenvalue weighted by molar-refractivity contribution is 5.81. The molecule has 0 aliphatic heterocycles. The third-order valence-corrected chi connectivity index (χ3v) is 3.33. The normalized spacial score (nSPS) is 11.5. The number of nitrogens with one attached hydrogen (secondary N) is 1. The quantitative estimate of drug-likeness (QED) is 0.744. The number of carbonyl (C=O) groups excluding carboxylic acids is 1. The molecule has 0 bridgehead atoms. The Morgan fingerprint density at radius 3 is 2.67 bits per heavy atom. The lowest BCUT2D eigenvalue weighted by molar-refractivity contribution is -0.132. The van der Waals surface area contributed by atoms with Gasteiger partial charge >= 0.3 is 0 Å². The first-order valence-electron chi connectivity index (χ1n) is 7.30. The van der Waals surface area contributed by atoms with Gasteiger partial charge < -0.3 is 15.0 Å². The first-order valence-corrected chi connectivity index (χ1v) is 7.30. The fourth-order valence-corrected chi connectivity index (χ4v) is 2.07. The zero-order valence-electron chi connectivity index (χ0n) is 13.1. The van der Waals surface area contributed by atoms with E-state index in [1.807, 2.05) is 49.9 Å². The molecule has 1 N–H and O–H groups in total. The van der Waals surface area contributed by atoms with Crippen LogP contribution < -0.4 is 10.1 Å². The topological polar surface area (TPSA) is 41.6 Å². The number of terminal acetylenes is 1. The van der Waals surface area contributed by atoms with Gasteiger partial charge in [0.2, 0.25) is 5.91 Å². The third-order valence-electron chi connectivity index (χ3n) is 3.33. The van der Waals surface area contributed by atoms with Crippen LogP contribution in [0.25, 0.3) is 0 Å². The van der Waals surface area contributed by atoms with Crippen LogP contribution in [-0.2, 0) is 11.3 Å². The Hall–Kier alpha value is -1.99. The minimum absolute atomic E-state index is 0.113. The molecule has 0 aliphatic carbocycles. The molecule has 1 amide bonds. The second-order valence-electron chi connectivity index (χ2n) is 4.71. The number of ether oxygens (including phenoxy) is 1. The van der Waals surface area contributed by atoms with Crippen LogP contribution >= 0.6 is 0 Å². The van der Waals surface area contributed by atoms with E-state index in [0.717, 1.165) is 24.4 Å². The van der Waals surface area contributed by atoms with E-state index >= 15 is 0 Å². The highest BCUT2D eigenvalue weighted by atomic mass is 16.5. The number of rotatable bonds is 8. The van der Waals surface area contributed by atoms with Crippen LogP contribution in [0.2, 0.25) is 0 Å². The number of para-hydroxylation sites is 1. The number of hydrogen-bond acceptors (Lipinski definition) is 3.